The number of nitrogens with one attached hydrogen (secondary N) is 2. The van der Waals surface area contributed by atoms with E-state index in [1.54, 1.807) is 0 Å². The number of fused-ring (bicyclic) bond motifs is 1. The second-order valence-electron chi connectivity index (χ2n) is 8.40. The van der Waals surface area contributed by atoms with E-state index in [0.717, 1.165) is 4.70 Å². The molecule has 12 N–H and O–H groups in total. The van der Waals surface area contributed by atoms with Gasteiger partial charge in [-0.3, -0.25) is 24.4 Å². The summed E-state index contributed by atoms with van der Waals surface area (Å²) in [6, 6.07) is 5.69. The molecule has 2 unspecified atom stereocenters. The van der Waals surface area contributed by atoms with E-state index < -0.39 is 23.9 Å². The molecule has 1 aromatic heterocycles. The number of carbonyl (C=O) groups is 3. The Morgan fingerprint density at radius 1 is 0.974 bits per heavy atom. The maximum atomic E-state index is 13.1. The Labute approximate surface area is 226 Å². The first-order valence-corrected chi connectivity index (χ1v) is 13.2. The van der Waals surface area contributed by atoms with E-state index in [1.165, 1.54) is 17.8 Å². The normalized spacial score (nSPS) is 11.9. The molecule has 1 heterocycles. The number of guanidine groups is 2. The summed E-state index contributed by atoms with van der Waals surface area (Å²) in [5, 5.41) is 5.43. The van der Waals surface area contributed by atoms with Crippen molar-refractivity contribution in [3.05, 3.63) is 29.3 Å². The van der Waals surface area contributed by atoms with Crippen LogP contribution in [0.2, 0.25) is 0 Å². The molecule has 38 heavy (non-hydrogen) atoms. The predicted octanol–water partition coefficient (Wildman–Crippen LogP) is -0.0692. The molecule has 0 saturated heterocycles. The van der Waals surface area contributed by atoms with Gasteiger partial charge in [0.1, 0.15) is 0 Å². The number of aromatic nitrogens is 1. The summed E-state index contributed by atoms with van der Waals surface area (Å²) in [4.78, 5) is 49.9. The molecule has 0 bridgehead atoms. The highest BCUT2D eigenvalue weighted by molar-refractivity contribution is 7.20. The van der Waals surface area contributed by atoms with Gasteiger partial charge in [0.15, 0.2) is 16.9 Å². The van der Waals surface area contributed by atoms with Crippen LogP contribution >= 0.6 is 11.3 Å². The fourth-order valence-electron chi connectivity index (χ4n) is 3.09. The average Bonchev–Trinajstić information content (AvgIpc) is 3.31. The molecule has 0 aliphatic heterocycles. The van der Waals surface area contributed by atoms with E-state index in [2.05, 4.69) is 39.4 Å². The standard InChI is InChI=1S/C21H32N10O3S.C3H8/c22-12(5-3-9-27-20(23)24)18(34)29-11-16(32)30-14(7-4-10-28-21(25)26)17(33)19-31-13-6-1-2-8-15(13)35-19;1-3-2/h1-2,6,8,12,14H,3-5,7,9-11,22H2,(H,29,34)(H,30,32)(H4,23,24,27)(H4,25,26,28);3H2,1-2H3. The van der Waals surface area contributed by atoms with Gasteiger partial charge in [0.25, 0.3) is 0 Å². The van der Waals surface area contributed by atoms with Gasteiger partial charge < -0.3 is 39.3 Å². The van der Waals surface area contributed by atoms with Crippen LogP contribution in [0.3, 0.4) is 0 Å². The van der Waals surface area contributed by atoms with Gasteiger partial charge in [-0.2, -0.15) is 0 Å². The van der Waals surface area contributed by atoms with Crippen LogP contribution < -0.4 is 39.3 Å². The number of ketones is 1. The van der Waals surface area contributed by atoms with Gasteiger partial charge in [0, 0.05) is 13.1 Å². The zero-order valence-corrected chi connectivity index (χ0v) is 22.8. The van der Waals surface area contributed by atoms with E-state index in [1.807, 2.05) is 24.3 Å². The number of benzene rings is 1. The first-order valence-electron chi connectivity index (χ1n) is 12.4. The fourth-order valence-corrected chi connectivity index (χ4v) is 4.05. The van der Waals surface area contributed by atoms with Crippen molar-refractivity contribution in [2.45, 2.75) is 58.0 Å². The van der Waals surface area contributed by atoms with Crippen molar-refractivity contribution in [1.82, 2.24) is 15.6 Å². The summed E-state index contributed by atoms with van der Waals surface area (Å²) >= 11 is 1.25. The number of hydrogen-bond acceptors (Lipinski definition) is 8. The lowest BCUT2D eigenvalue weighted by molar-refractivity contribution is -0.127. The van der Waals surface area contributed by atoms with Crippen molar-refractivity contribution in [2.24, 2.45) is 38.7 Å². The third-order valence-electron chi connectivity index (χ3n) is 4.83. The lowest BCUT2D eigenvalue weighted by Gasteiger charge is -2.17. The second kappa shape index (κ2) is 17.6. The number of nitrogens with two attached hydrogens (primary N) is 5. The van der Waals surface area contributed by atoms with E-state index in [9.17, 15) is 14.4 Å². The molecular weight excluding hydrogens is 508 g/mol. The molecule has 14 heteroatoms. The van der Waals surface area contributed by atoms with E-state index in [-0.39, 0.29) is 35.7 Å². The van der Waals surface area contributed by atoms with Crippen LogP contribution in [0.15, 0.2) is 34.3 Å². The summed E-state index contributed by atoms with van der Waals surface area (Å²) in [6.45, 7) is 4.56. The maximum Gasteiger partial charge on any atom is 0.239 e. The molecule has 2 aromatic rings. The van der Waals surface area contributed by atoms with Crippen molar-refractivity contribution < 1.29 is 14.4 Å². The van der Waals surface area contributed by atoms with Crippen molar-refractivity contribution in [2.75, 3.05) is 19.6 Å². The summed E-state index contributed by atoms with van der Waals surface area (Å²) in [7, 11) is 0. The molecule has 2 amide bonds. The smallest absolute Gasteiger partial charge is 0.239 e. The predicted molar refractivity (Wildman–Crippen MR) is 153 cm³/mol. The maximum absolute atomic E-state index is 13.1. The number of para-hydroxylation sites is 1. The number of Topliss-reactive ketones (excluding diaryl/α,β-unsaturated/α-hetero) is 1. The van der Waals surface area contributed by atoms with E-state index in [0.29, 0.717) is 37.9 Å². The van der Waals surface area contributed by atoms with Crippen molar-refractivity contribution in [3.8, 4) is 0 Å². The van der Waals surface area contributed by atoms with Crippen LogP contribution in [0.5, 0.6) is 0 Å². The minimum Gasteiger partial charge on any atom is -0.370 e. The topological polar surface area (TPSA) is 243 Å². The minimum atomic E-state index is -0.859. The fraction of sp³-hybridized carbons (Fsp3) is 0.500. The number of hydrogen-bond donors (Lipinski definition) is 7. The van der Waals surface area contributed by atoms with E-state index in [4.69, 9.17) is 28.7 Å². The zero-order chi connectivity index (χ0) is 28.5. The van der Waals surface area contributed by atoms with Gasteiger partial charge in [-0.15, -0.1) is 11.3 Å². The highest BCUT2D eigenvalue weighted by Gasteiger charge is 2.25. The Morgan fingerprint density at radius 2 is 1.55 bits per heavy atom. The van der Waals surface area contributed by atoms with Gasteiger partial charge in [0.2, 0.25) is 17.6 Å². The highest BCUT2D eigenvalue weighted by atomic mass is 32.1. The number of thiazole rings is 1. The summed E-state index contributed by atoms with van der Waals surface area (Å²) in [5.74, 6) is -1.44. The molecule has 0 spiro atoms. The monoisotopic (exact) mass is 548 g/mol. The largest absolute Gasteiger partial charge is 0.370 e. The number of nitrogens with zero attached hydrogens (tertiary/aromatic N) is 3. The third-order valence-corrected chi connectivity index (χ3v) is 5.88. The Kier molecular flexibility index (Phi) is 15.0. The number of rotatable bonds is 14. The summed E-state index contributed by atoms with van der Waals surface area (Å²) < 4.78 is 0.863. The van der Waals surface area contributed by atoms with Crippen molar-refractivity contribution >= 4 is 51.1 Å². The zero-order valence-electron chi connectivity index (χ0n) is 22.0. The molecule has 0 aliphatic rings. The molecule has 0 fully saturated rings. The second-order valence-corrected chi connectivity index (χ2v) is 9.43. The summed E-state index contributed by atoms with van der Waals surface area (Å²) in [6.07, 6.45) is 2.84. The van der Waals surface area contributed by atoms with Crippen molar-refractivity contribution in [1.29, 1.82) is 0 Å². The molecular formula is C24H40N10O3S. The van der Waals surface area contributed by atoms with Gasteiger partial charge >= 0.3 is 0 Å². The Bertz CT molecular complexity index is 1060. The van der Waals surface area contributed by atoms with E-state index >= 15 is 0 Å². The van der Waals surface area contributed by atoms with Crippen LogP contribution in [0.25, 0.3) is 10.2 Å². The van der Waals surface area contributed by atoms with Crippen LogP contribution in [-0.4, -0.2) is 66.2 Å². The molecule has 0 saturated carbocycles. The van der Waals surface area contributed by atoms with Crippen LogP contribution in [0, 0.1) is 0 Å². The van der Waals surface area contributed by atoms with Gasteiger partial charge in [-0.05, 0) is 37.8 Å². The Hall–Kier alpha value is -3.78. The molecule has 1 aromatic carbocycles. The van der Waals surface area contributed by atoms with Crippen LogP contribution in [0.4, 0.5) is 0 Å². The Balaban J connectivity index is 0.00000229. The number of carbonyl (C=O) groups excluding carboxylic acids is 3. The highest BCUT2D eigenvalue weighted by Crippen LogP contribution is 2.23. The number of amides is 2. The third kappa shape index (κ3) is 12.5. The average molecular weight is 549 g/mol. The SMILES string of the molecule is CCC.NC(N)=NCCCC(N)C(=O)NCC(=O)NC(CCCN=C(N)N)C(=O)c1nc2ccccc2s1. The Morgan fingerprint density at radius 3 is 2.13 bits per heavy atom. The van der Waals surface area contributed by atoms with Gasteiger partial charge in [-0.1, -0.05) is 32.4 Å². The molecule has 0 radical (unpaired) electrons. The van der Waals surface area contributed by atoms with Crippen molar-refractivity contribution in [3.63, 3.8) is 0 Å². The van der Waals surface area contributed by atoms with Gasteiger partial charge in [0.05, 0.1) is 28.8 Å². The quantitative estimate of drug-likeness (QED) is 0.0721. The van der Waals surface area contributed by atoms with Crippen LogP contribution in [-0.2, 0) is 9.59 Å². The summed E-state index contributed by atoms with van der Waals surface area (Å²) in [5.41, 5.74) is 27.7. The molecule has 2 rings (SSSR count). The lowest BCUT2D eigenvalue weighted by atomic mass is 10.1. The van der Waals surface area contributed by atoms with Crippen LogP contribution in [0.1, 0.15) is 55.8 Å². The minimum absolute atomic E-state index is 0.0343. The first kappa shape index (κ1) is 32.2. The lowest BCUT2D eigenvalue weighted by Crippen LogP contribution is -2.48. The molecule has 0 aliphatic carbocycles. The number of aliphatic imine (C=N–C) groups is 2. The van der Waals surface area contributed by atoms with Gasteiger partial charge in [-0.25, -0.2) is 4.98 Å². The molecule has 13 nitrogen and oxygen atoms in total. The first-order chi connectivity index (χ1) is 18.1. The molecule has 210 valence electrons. The molecule has 2 atom stereocenters.